The summed E-state index contributed by atoms with van der Waals surface area (Å²) in [5.74, 6) is 1.30. The molecule has 0 spiro atoms. The lowest BCUT2D eigenvalue weighted by Gasteiger charge is -2.15. The summed E-state index contributed by atoms with van der Waals surface area (Å²) in [6, 6.07) is 15.0. The Labute approximate surface area is 184 Å². The van der Waals surface area contributed by atoms with Crippen molar-refractivity contribution in [3.63, 3.8) is 0 Å². The molecule has 0 radical (unpaired) electrons. The lowest BCUT2D eigenvalue weighted by molar-refractivity contribution is 0.0927. The van der Waals surface area contributed by atoms with E-state index in [1.165, 1.54) is 4.68 Å². The minimum absolute atomic E-state index is 0.0414. The maximum Gasteiger partial charge on any atom is 0.346 e. The van der Waals surface area contributed by atoms with E-state index < -0.39 is 0 Å². The fraction of sp³-hybridized carbons (Fsp3) is 0.304. The lowest BCUT2D eigenvalue weighted by atomic mass is 10.1. The molecule has 32 heavy (non-hydrogen) atoms. The number of carbonyl (C=O) groups is 1. The van der Waals surface area contributed by atoms with E-state index in [9.17, 15) is 9.59 Å². The third kappa shape index (κ3) is 3.89. The minimum atomic E-state index is -0.200. The highest BCUT2D eigenvalue weighted by atomic mass is 16.5. The predicted octanol–water partition coefficient (Wildman–Crippen LogP) is 1.88. The molecule has 0 fully saturated rings. The summed E-state index contributed by atoms with van der Waals surface area (Å²) in [5, 5.41) is 12.0. The van der Waals surface area contributed by atoms with Gasteiger partial charge >= 0.3 is 5.69 Å². The average Bonchev–Trinajstić information content (AvgIpc) is 3.30. The number of carbonyl (C=O) groups excluding carboxylic acids is 1. The van der Waals surface area contributed by atoms with Crippen molar-refractivity contribution in [3.05, 3.63) is 82.3 Å². The molecule has 9 nitrogen and oxygen atoms in total. The van der Waals surface area contributed by atoms with Crippen LogP contribution in [0.1, 0.15) is 34.7 Å². The van der Waals surface area contributed by atoms with Crippen molar-refractivity contribution in [3.8, 4) is 5.75 Å². The van der Waals surface area contributed by atoms with Gasteiger partial charge in [0, 0.05) is 25.2 Å². The normalized spacial score (nSPS) is 15.8. The van der Waals surface area contributed by atoms with Crippen LogP contribution in [-0.2, 0) is 19.5 Å². The van der Waals surface area contributed by atoms with Crippen molar-refractivity contribution in [2.45, 2.75) is 38.4 Å². The fourth-order valence-corrected chi connectivity index (χ4v) is 4.13. The van der Waals surface area contributed by atoms with Crippen molar-refractivity contribution < 1.29 is 9.53 Å². The van der Waals surface area contributed by atoms with Gasteiger partial charge in [0.25, 0.3) is 5.91 Å². The van der Waals surface area contributed by atoms with Gasteiger partial charge in [0.15, 0.2) is 5.69 Å². The maximum absolute atomic E-state index is 12.9. The smallest absolute Gasteiger partial charge is 0.346 e. The summed E-state index contributed by atoms with van der Waals surface area (Å²) in [5.41, 5.74) is 2.08. The van der Waals surface area contributed by atoms with Gasteiger partial charge in [-0.15, -0.1) is 0 Å². The summed E-state index contributed by atoms with van der Waals surface area (Å²) >= 11 is 0. The second-order valence-corrected chi connectivity index (χ2v) is 7.96. The van der Waals surface area contributed by atoms with E-state index in [1.54, 1.807) is 22.3 Å². The van der Waals surface area contributed by atoms with Crippen LogP contribution < -0.4 is 15.7 Å². The molecule has 164 valence electrons. The zero-order valence-corrected chi connectivity index (χ0v) is 17.8. The molecule has 4 heterocycles. The number of pyridine rings is 1. The first kappa shape index (κ1) is 20.0. The second kappa shape index (κ2) is 8.33. The number of hydrogen-bond acceptors (Lipinski definition) is 5. The summed E-state index contributed by atoms with van der Waals surface area (Å²) < 4.78 is 10.2. The van der Waals surface area contributed by atoms with Gasteiger partial charge in [0.05, 0.1) is 19.2 Å². The molecular weight excluding hydrogens is 408 g/mol. The molecular formula is C23H24N6O3. The Bertz CT molecular complexity index is 1300. The number of fused-ring (bicyclic) bond motifs is 2. The van der Waals surface area contributed by atoms with E-state index in [4.69, 9.17) is 4.74 Å². The summed E-state index contributed by atoms with van der Waals surface area (Å²) in [7, 11) is 1.62. The minimum Gasteiger partial charge on any atom is -0.497 e. The first-order chi connectivity index (χ1) is 15.6. The Balaban J connectivity index is 1.26. The van der Waals surface area contributed by atoms with E-state index in [0.29, 0.717) is 38.0 Å². The molecule has 4 aromatic rings. The van der Waals surface area contributed by atoms with Crippen LogP contribution in [-0.4, -0.2) is 43.0 Å². The molecule has 1 unspecified atom stereocenters. The van der Waals surface area contributed by atoms with Crippen LogP contribution in [0.5, 0.6) is 5.75 Å². The van der Waals surface area contributed by atoms with E-state index in [2.05, 4.69) is 15.5 Å². The number of ether oxygens (including phenoxy) is 1. The Kier molecular flexibility index (Phi) is 5.22. The van der Waals surface area contributed by atoms with Crippen molar-refractivity contribution in [2.75, 3.05) is 7.11 Å². The molecule has 9 heteroatoms. The molecule has 0 saturated heterocycles. The molecule has 1 aromatic carbocycles. The van der Waals surface area contributed by atoms with Crippen LogP contribution in [0.4, 0.5) is 0 Å². The van der Waals surface area contributed by atoms with E-state index in [-0.39, 0.29) is 17.6 Å². The van der Waals surface area contributed by atoms with Crippen molar-refractivity contribution >= 4 is 11.4 Å². The number of methoxy groups -OCH3 is 1. The van der Waals surface area contributed by atoms with Gasteiger partial charge in [-0.1, -0.05) is 18.2 Å². The summed E-state index contributed by atoms with van der Waals surface area (Å²) in [6.07, 6.45) is 3.81. The highest BCUT2D eigenvalue weighted by Gasteiger charge is 2.23. The number of hydrogen-bond donors (Lipinski definition) is 1. The topological polar surface area (TPSA) is 95.5 Å². The predicted molar refractivity (Wildman–Crippen MR) is 118 cm³/mol. The average molecular weight is 432 g/mol. The largest absolute Gasteiger partial charge is 0.497 e. The van der Waals surface area contributed by atoms with Crippen LogP contribution in [0.2, 0.25) is 0 Å². The third-order valence-electron chi connectivity index (χ3n) is 5.82. The maximum atomic E-state index is 12.9. The molecule has 1 amide bonds. The van der Waals surface area contributed by atoms with Gasteiger partial charge in [0.2, 0.25) is 0 Å². The highest BCUT2D eigenvalue weighted by molar-refractivity contribution is 5.93. The zero-order chi connectivity index (χ0) is 22.1. The second-order valence-electron chi connectivity index (χ2n) is 7.96. The van der Waals surface area contributed by atoms with Crippen LogP contribution >= 0.6 is 0 Å². The lowest BCUT2D eigenvalue weighted by Crippen LogP contribution is -2.36. The summed E-state index contributed by atoms with van der Waals surface area (Å²) in [4.78, 5) is 25.6. The van der Waals surface area contributed by atoms with Gasteiger partial charge in [-0.25, -0.2) is 14.0 Å². The number of benzene rings is 1. The van der Waals surface area contributed by atoms with E-state index in [1.807, 2.05) is 48.7 Å². The number of rotatable bonds is 5. The van der Waals surface area contributed by atoms with Crippen molar-refractivity contribution in [1.29, 1.82) is 0 Å². The van der Waals surface area contributed by atoms with Gasteiger partial charge in [-0.2, -0.15) is 10.2 Å². The molecule has 3 aromatic heterocycles. The monoisotopic (exact) mass is 432 g/mol. The van der Waals surface area contributed by atoms with Gasteiger partial charge in [-0.3, -0.25) is 9.36 Å². The van der Waals surface area contributed by atoms with Gasteiger partial charge in [0.1, 0.15) is 11.6 Å². The van der Waals surface area contributed by atoms with Crippen molar-refractivity contribution in [1.82, 2.24) is 29.3 Å². The quantitative estimate of drug-likeness (QED) is 0.520. The molecule has 0 aliphatic carbocycles. The molecule has 1 atom stereocenters. The number of aromatic nitrogens is 5. The van der Waals surface area contributed by atoms with Crippen LogP contribution in [0, 0.1) is 0 Å². The number of nitrogens with one attached hydrogen (secondary N) is 1. The Hall–Kier alpha value is -3.88. The molecule has 0 bridgehead atoms. The zero-order valence-electron chi connectivity index (χ0n) is 17.8. The fourth-order valence-electron chi connectivity index (χ4n) is 4.13. The van der Waals surface area contributed by atoms with Crippen molar-refractivity contribution in [2.24, 2.45) is 0 Å². The number of aryl methyl sites for hydroxylation is 1. The van der Waals surface area contributed by atoms with E-state index >= 15 is 0 Å². The Morgan fingerprint density at radius 1 is 1.16 bits per heavy atom. The Morgan fingerprint density at radius 3 is 2.91 bits per heavy atom. The standard InChI is InChI=1S/C23H24N6O3/c1-32-19-7-4-5-16(13-19)15-29-23(31)27-12-10-17(8-9-21(27)26-29)24-22(30)20-14-18-6-2-3-11-28(18)25-20/h2-7,11,13-14,17H,8-10,12,15H2,1H3,(H,24,30). The molecule has 5 rings (SSSR count). The third-order valence-corrected chi connectivity index (χ3v) is 5.82. The number of amides is 1. The molecule has 1 aliphatic heterocycles. The van der Waals surface area contributed by atoms with Crippen LogP contribution in [0.3, 0.4) is 0 Å². The van der Waals surface area contributed by atoms with E-state index in [0.717, 1.165) is 22.7 Å². The van der Waals surface area contributed by atoms with Crippen LogP contribution in [0.25, 0.3) is 5.52 Å². The van der Waals surface area contributed by atoms with Crippen LogP contribution in [0.15, 0.2) is 59.5 Å². The first-order valence-corrected chi connectivity index (χ1v) is 10.7. The first-order valence-electron chi connectivity index (χ1n) is 10.7. The summed E-state index contributed by atoms with van der Waals surface area (Å²) in [6.45, 7) is 0.909. The Morgan fingerprint density at radius 2 is 2.06 bits per heavy atom. The SMILES string of the molecule is COc1cccc(Cn2nc3n(c2=O)CCC(NC(=O)c2cc4ccccn4n2)CC3)c1. The van der Waals surface area contributed by atoms with Gasteiger partial charge in [-0.05, 0) is 48.7 Å². The molecule has 1 N–H and O–H groups in total. The highest BCUT2D eigenvalue weighted by Crippen LogP contribution is 2.15. The van der Waals surface area contributed by atoms with Gasteiger partial charge < -0.3 is 10.1 Å². The molecule has 0 saturated carbocycles. The number of nitrogens with zero attached hydrogens (tertiary/aromatic N) is 5. The molecule has 1 aliphatic rings.